The molecule has 0 bridgehead atoms. The molecule has 1 aromatic heterocycles. The van der Waals surface area contributed by atoms with Gasteiger partial charge in [-0.15, -0.1) is 0 Å². The number of H-pyrrole nitrogens is 1. The zero-order valence-electron chi connectivity index (χ0n) is 13.4. The first-order valence-corrected chi connectivity index (χ1v) is 9.10. The number of fused-ring (bicyclic) bond motifs is 1. The zero-order valence-corrected chi connectivity index (χ0v) is 14.2. The summed E-state index contributed by atoms with van der Waals surface area (Å²) < 4.78 is 25.2. The lowest BCUT2D eigenvalue weighted by Gasteiger charge is -2.21. The molecule has 1 heterocycles. The molecule has 0 fully saturated rings. The van der Waals surface area contributed by atoms with Gasteiger partial charge in [0.2, 0.25) is 10.0 Å². The van der Waals surface area contributed by atoms with Crippen molar-refractivity contribution in [3.05, 3.63) is 45.7 Å². The van der Waals surface area contributed by atoms with Gasteiger partial charge in [-0.2, -0.15) is 4.31 Å². The molecule has 0 unspecified atom stereocenters. The van der Waals surface area contributed by atoms with E-state index in [0.29, 0.717) is 12.1 Å². The minimum atomic E-state index is -3.36. The second-order valence-electron chi connectivity index (χ2n) is 6.11. The van der Waals surface area contributed by atoms with Crippen molar-refractivity contribution in [2.45, 2.75) is 27.3 Å². The number of para-hydroxylation sites is 1. The monoisotopic (exact) mass is 322 g/mol. The summed E-state index contributed by atoms with van der Waals surface area (Å²) in [4.78, 5) is 15.1. The Hall–Kier alpha value is -1.66. The Balaban J connectivity index is 2.46. The van der Waals surface area contributed by atoms with E-state index in [0.717, 1.165) is 16.5 Å². The van der Waals surface area contributed by atoms with Crippen molar-refractivity contribution in [1.82, 2.24) is 9.29 Å². The summed E-state index contributed by atoms with van der Waals surface area (Å²) in [6, 6.07) is 7.54. The number of aromatic nitrogens is 1. The van der Waals surface area contributed by atoms with Gasteiger partial charge >= 0.3 is 0 Å². The predicted octanol–water partition coefficient (Wildman–Crippen LogP) is 2.25. The van der Waals surface area contributed by atoms with Crippen LogP contribution in [0.3, 0.4) is 0 Å². The first kappa shape index (κ1) is 16.7. The zero-order chi connectivity index (χ0) is 16.5. The fourth-order valence-corrected chi connectivity index (χ4v) is 3.40. The molecule has 120 valence electrons. The number of nitrogens with one attached hydrogen (secondary N) is 1. The van der Waals surface area contributed by atoms with Crippen LogP contribution in [0.2, 0.25) is 0 Å². The third-order valence-corrected chi connectivity index (χ3v) is 4.77. The van der Waals surface area contributed by atoms with Crippen LogP contribution in [0, 0.1) is 12.8 Å². The Morgan fingerprint density at radius 3 is 2.55 bits per heavy atom. The summed E-state index contributed by atoms with van der Waals surface area (Å²) in [5.41, 5.74) is 2.01. The van der Waals surface area contributed by atoms with Crippen LogP contribution in [0.1, 0.15) is 25.0 Å². The molecule has 0 spiro atoms. The summed E-state index contributed by atoms with van der Waals surface area (Å²) >= 11 is 0. The lowest BCUT2D eigenvalue weighted by Crippen LogP contribution is -2.34. The topological polar surface area (TPSA) is 70.2 Å². The van der Waals surface area contributed by atoms with Crippen LogP contribution in [-0.4, -0.2) is 30.5 Å². The van der Waals surface area contributed by atoms with Gasteiger partial charge < -0.3 is 4.98 Å². The average molecular weight is 322 g/mol. The molecule has 6 heteroatoms. The molecule has 22 heavy (non-hydrogen) atoms. The van der Waals surface area contributed by atoms with Crippen LogP contribution in [0.4, 0.5) is 0 Å². The molecule has 1 aromatic carbocycles. The van der Waals surface area contributed by atoms with Crippen molar-refractivity contribution in [3.63, 3.8) is 0 Å². The molecule has 0 aliphatic rings. The van der Waals surface area contributed by atoms with E-state index in [1.807, 2.05) is 39.0 Å². The number of pyridine rings is 1. The lowest BCUT2D eigenvalue weighted by molar-refractivity contribution is 0.364. The van der Waals surface area contributed by atoms with Crippen LogP contribution in [-0.2, 0) is 16.6 Å². The minimum Gasteiger partial charge on any atom is -0.321 e. The Morgan fingerprint density at radius 2 is 1.95 bits per heavy atom. The third-order valence-electron chi connectivity index (χ3n) is 3.55. The van der Waals surface area contributed by atoms with E-state index in [4.69, 9.17) is 0 Å². The van der Waals surface area contributed by atoms with E-state index in [9.17, 15) is 13.2 Å². The van der Waals surface area contributed by atoms with E-state index in [1.165, 1.54) is 10.6 Å². The molecular weight excluding hydrogens is 300 g/mol. The van der Waals surface area contributed by atoms with E-state index >= 15 is 0 Å². The highest BCUT2D eigenvalue weighted by Crippen LogP contribution is 2.16. The standard InChI is InChI=1S/C16H22N2O3S/c1-11(2)9-18(22(4,20)21)10-14-8-13-7-5-6-12(3)15(13)17-16(14)19/h5-8,11H,9-10H2,1-4H3,(H,17,19). The first-order valence-electron chi connectivity index (χ1n) is 7.25. The van der Waals surface area contributed by atoms with Crippen molar-refractivity contribution < 1.29 is 8.42 Å². The van der Waals surface area contributed by atoms with E-state index in [1.54, 1.807) is 6.07 Å². The first-order chi connectivity index (χ1) is 10.2. The number of hydrogen-bond donors (Lipinski definition) is 1. The third kappa shape index (κ3) is 3.75. The molecule has 0 aliphatic heterocycles. The van der Waals surface area contributed by atoms with Gasteiger partial charge in [0.05, 0.1) is 11.8 Å². The van der Waals surface area contributed by atoms with E-state index < -0.39 is 10.0 Å². The highest BCUT2D eigenvalue weighted by molar-refractivity contribution is 7.88. The van der Waals surface area contributed by atoms with Gasteiger partial charge in [0.1, 0.15) is 0 Å². The van der Waals surface area contributed by atoms with Crippen LogP contribution >= 0.6 is 0 Å². The quantitative estimate of drug-likeness (QED) is 0.918. The van der Waals surface area contributed by atoms with Gasteiger partial charge in [0.25, 0.3) is 5.56 Å². The van der Waals surface area contributed by atoms with Gasteiger partial charge in [-0.1, -0.05) is 32.0 Å². The number of sulfonamides is 1. The van der Waals surface area contributed by atoms with Crippen molar-refractivity contribution in [3.8, 4) is 0 Å². The molecule has 2 aromatic rings. The second-order valence-corrected chi connectivity index (χ2v) is 8.09. The summed E-state index contributed by atoms with van der Waals surface area (Å²) in [5, 5.41) is 0.910. The van der Waals surface area contributed by atoms with Crippen molar-refractivity contribution in [2.24, 2.45) is 5.92 Å². The van der Waals surface area contributed by atoms with Crippen LogP contribution < -0.4 is 5.56 Å². The van der Waals surface area contributed by atoms with Crippen LogP contribution in [0.5, 0.6) is 0 Å². The number of aryl methyl sites for hydroxylation is 1. The molecular formula is C16H22N2O3S. The highest BCUT2D eigenvalue weighted by Gasteiger charge is 2.20. The average Bonchev–Trinajstić information content (AvgIpc) is 2.38. The Bertz CT molecular complexity index is 838. The van der Waals surface area contributed by atoms with Crippen molar-refractivity contribution in [2.75, 3.05) is 12.8 Å². The molecule has 5 nitrogen and oxygen atoms in total. The normalized spacial score (nSPS) is 12.5. The number of benzene rings is 1. The number of rotatable bonds is 5. The van der Waals surface area contributed by atoms with Crippen molar-refractivity contribution in [1.29, 1.82) is 0 Å². The van der Waals surface area contributed by atoms with Gasteiger partial charge in [-0.05, 0) is 29.9 Å². The van der Waals surface area contributed by atoms with Gasteiger partial charge in [-0.3, -0.25) is 4.79 Å². The molecule has 0 saturated carbocycles. The maximum atomic E-state index is 12.3. The van der Waals surface area contributed by atoms with Gasteiger partial charge in [0, 0.05) is 18.7 Å². The Labute approximate surface area is 131 Å². The fourth-order valence-electron chi connectivity index (χ4n) is 2.46. The van der Waals surface area contributed by atoms with E-state index in [-0.39, 0.29) is 18.0 Å². The smallest absolute Gasteiger partial charge is 0.252 e. The molecule has 2 rings (SSSR count). The Morgan fingerprint density at radius 1 is 1.27 bits per heavy atom. The minimum absolute atomic E-state index is 0.0935. The van der Waals surface area contributed by atoms with Crippen LogP contribution in [0.25, 0.3) is 10.9 Å². The maximum absolute atomic E-state index is 12.3. The highest BCUT2D eigenvalue weighted by atomic mass is 32.2. The fraction of sp³-hybridized carbons (Fsp3) is 0.438. The molecule has 0 saturated heterocycles. The number of hydrogen-bond acceptors (Lipinski definition) is 3. The van der Waals surface area contributed by atoms with E-state index in [2.05, 4.69) is 4.98 Å². The number of nitrogens with zero attached hydrogens (tertiary/aromatic N) is 1. The second kappa shape index (κ2) is 6.22. The maximum Gasteiger partial charge on any atom is 0.252 e. The lowest BCUT2D eigenvalue weighted by atomic mass is 10.1. The van der Waals surface area contributed by atoms with Gasteiger partial charge in [-0.25, -0.2) is 8.42 Å². The molecule has 0 aliphatic carbocycles. The summed E-state index contributed by atoms with van der Waals surface area (Å²) in [5.74, 6) is 0.191. The Kier molecular flexibility index (Phi) is 4.72. The van der Waals surface area contributed by atoms with Gasteiger partial charge in [0.15, 0.2) is 0 Å². The van der Waals surface area contributed by atoms with Crippen molar-refractivity contribution >= 4 is 20.9 Å². The molecule has 0 radical (unpaired) electrons. The van der Waals surface area contributed by atoms with Crippen LogP contribution in [0.15, 0.2) is 29.1 Å². The largest absolute Gasteiger partial charge is 0.321 e. The summed E-state index contributed by atoms with van der Waals surface area (Å²) in [6.07, 6.45) is 1.18. The molecule has 0 amide bonds. The number of aromatic amines is 1. The molecule has 0 atom stereocenters. The SMILES string of the molecule is Cc1cccc2cc(CN(CC(C)C)S(C)(=O)=O)c(=O)[nH]c12. The summed E-state index contributed by atoms with van der Waals surface area (Å²) in [7, 11) is -3.36. The predicted molar refractivity (Wildman–Crippen MR) is 89.4 cm³/mol. The molecule has 1 N–H and O–H groups in total. The summed E-state index contributed by atoms with van der Waals surface area (Å²) in [6.45, 7) is 6.32.